The Labute approximate surface area is 168 Å². The van der Waals surface area contributed by atoms with Crippen molar-refractivity contribution in [1.29, 1.82) is 0 Å². The van der Waals surface area contributed by atoms with Crippen LogP contribution in [0.3, 0.4) is 0 Å². The molecule has 0 spiro atoms. The van der Waals surface area contributed by atoms with E-state index in [2.05, 4.69) is 25.3 Å². The quantitative estimate of drug-likeness (QED) is 0.430. The van der Waals surface area contributed by atoms with Gasteiger partial charge >= 0.3 is 16.5 Å². The molecular formula is C17H21N5O6S. The van der Waals surface area contributed by atoms with E-state index in [4.69, 9.17) is 5.11 Å². The predicted molar refractivity (Wildman–Crippen MR) is 103 cm³/mol. The third kappa shape index (κ3) is 7.70. The normalized spacial score (nSPS) is 14.0. The van der Waals surface area contributed by atoms with Crippen molar-refractivity contribution in [3.63, 3.8) is 0 Å². The first-order valence-corrected chi connectivity index (χ1v) is 9.86. The van der Waals surface area contributed by atoms with Gasteiger partial charge in [-0.2, -0.15) is 12.8 Å². The lowest BCUT2D eigenvalue weighted by Crippen LogP contribution is -2.43. The number of carboxylic acids is 1. The largest absolute Gasteiger partial charge is 0.480 e. The van der Waals surface area contributed by atoms with Crippen molar-refractivity contribution >= 4 is 34.2 Å². The number of hydrogen-bond acceptors (Lipinski definition) is 8. The first-order valence-electron chi connectivity index (χ1n) is 8.83. The minimum Gasteiger partial charge on any atom is -0.480 e. The summed E-state index contributed by atoms with van der Waals surface area (Å²) < 4.78 is 24.0. The second-order valence-electron chi connectivity index (χ2n) is 6.14. The molecule has 4 N–H and O–H groups in total. The van der Waals surface area contributed by atoms with Crippen LogP contribution in [0.1, 0.15) is 28.8 Å². The fourth-order valence-corrected chi connectivity index (χ4v) is 2.83. The van der Waals surface area contributed by atoms with E-state index in [9.17, 15) is 22.8 Å². The predicted octanol–water partition coefficient (Wildman–Crippen LogP) is -0.670. The molecule has 29 heavy (non-hydrogen) atoms. The Bertz CT molecular complexity index is 918. The summed E-state index contributed by atoms with van der Waals surface area (Å²) in [5, 5.41) is 16.9. The van der Waals surface area contributed by atoms with Gasteiger partial charge in [0.15, 0.2) is 12.0 Å². The fraction of sp³-hybridized carbons (Fsp3) is 0.412. The Balaban J connectivity index is 1.83. The molecule has 0 unspecified atom stereocenters. The third-order valence-electron chi connectivity index (χ3n) is 3.97. The van der Waals surface area contributed by atoms with E-state index in [1.807, 2.05) is 0 Å². The highest BCUT2D eigenvalue weighted by atomic mass is 32.2. The SMILES string of the molecule is O=C(CCc1ccc(C(=O)NC[C@H](N=S(=O)=O)C(=O)O)cc1)NC1=NCCCN1. The maximum atomic E-state index is 12.1. The van der Waals surface area contributed by atoms with E-state index < -0.39 is 35.0 Å². The first kappa shape index (κ1) is 22.0. The zero-order valence-electron chi connectivity index (χ0n) is 15.4. The van der Waals surface area contributed by atoms with Gasteiger partial charge in [0.05, 0.1) is 6.54 Å². The van der Waals surface area contributed by atoms with E-state index in [1.54, 1.807) is 12.1 Å². The van der Waals surface area contributed by atoms with Crippen LogP contribution in [-0.4, -0.2) is 62.9 Å². The smallest absolute Gasteiger partial charge is 0.331 e. The summed E-state index contributed by atoms with van der Waals surface area (Å²) in [6, 6.07) is 4.86. The van der Waals surface area contributed by atoms with Crippen molar-refractivity contribution in [3.05, 3.63) is 35.4 Å². The second-order valence-corrected chi connectivity index (χ2v) is 6.79. The van der Waals surface area contributed by atoms with Crippen LogP contribution in [0.5, 0.6) is 0 Å². The number of nitrogens with one attached hydrogen (secondary N) is 3. The first-order chi connectivity index (χ1) is 13.8. The summed E-state index contributed by atoms with van der Waals surface area (Å²) in [6.07, 6.45) is 1.65. The van der Waals surface area contributed by atoms with Crippen LogP contribution in [0.4, 0.5) is 0 Å². The molecular weight excluding hydrogens is 402 g/mol. The molecule has 1 aliphatic heterocycles. The van der Waals surface area contributed by atoms with Crippen LogP contribution in [-0.2, 0) is 26.5 Å². The second kappa shape index (κ2) is 10.9. The lowest BCUT2D eigenvalue weighted by atomic mass is 10.1. The maximum Gasteiger partial charge on any atom is 0.331 e. The molecule has 1 heterocycles. The number of hydrogen-bond donors (Lipinski definition) is 4. The lowest BCUT2D eigenvalue weighted by molar-refractivity contribution is -0.138. The molecule has 0 radical (unpaired) electrons. The highest BCUT2D eigenvalue weighted by Gasteiger charge is 2.18. The number of aliphatic carboxylic acids is 1. The van der Waals surface area contributed by atoms with Crippen LogP contribution >= 0.6 is 0 Å². The molecule has 1 aliphatic rings. The number of carboxylic acid groups (broad SMARTS) is 1. The molecule has 1 atom stereocenters. The summed E-state index contributed by atoms with van der Waals surface area (Å²) in [7, 11) is -2.89. The van der Waals surface area contributed by atoms with Gasteiger partial charge in [-0.3, -0.25) is 19.9 Å². The Kier molecular flexibility index (Phi) is 8.27. The van der Waals surface area contributed by atoms with Crippen LogP contribution in [0.2, 0.25) is 0 Å². The number of amides is 2. The van der Waals surface area contributed by atoms with E-state index in [0.29, 0.717) is 18.9 Å². The molecule has 0 saturated carbocycles. The number of guanidine groups is 1. The van der Waals surface area contributed by atoms with Gasteiger partial charge < -0.3 is 15.7 Å². The molecule has 11 nitrogen and oxygen atoms in total. The Morgan fingerprint density at radius 1 is 1.24 bits per heavy atom. The van der Waals surface area contributed by atoms with Gasteiger partial charge in [-0.05, 0) is 30.5 Å². The number of carbonyl (C=O) groups is 3. The fourth-order valence-electron chi connectivity index (χ4n) is 2.46. The molecule has 0 fully saturated rings. The average molecular weight is 423 g/mol. The molecule has 1 aromatic carbocycles. The van der Waals surface area contributed by atoms with Gasteiger partial charge in [0.25, 0.3) is 5.91 Å². The van der Waals surface area contributed by atoms with Crippen molar-refractivity contribution in [2.45, 2.75) is 25.3 Å². The van der Waals surface area contributed by atoms with Crippen LogP contribution < -0.4 is 16.0 Å². The van der Waals surface area contributed by atoms with Crippen molar-refractivity contribution in [2.24, 2.45) is 9.36 Å². The van der Waals surface area contributed by atoms with E-state index in [-0.39, 0.29) is 17.9 Å². The van der Waals surface area contributed by atoms with E-state index in [1.165, 1.54) is 12.1 Å². The van der Waals surface area contributed by atoms with Gasteiger partial charge in [-0.25, -0.2) is 4.79 Å². The zero-order chi connectivity index (χ0) is 21.2. The highest BCUT2D eigenvalue weighted by Crippen LogP contribution is 2.07. The Morgan fingerprint density at radius 3 is 2.55 bits per heavy atom. The number of nitrogens with zero attached hydrogens (tertiary/aromatic N) is 2. The lowest BCUT2D eigenvalue weighted by Gasteiger charge is -2.15. The third-order valence-corrected chi connectivity index (χ3v) is 4.39. The standard InChI is InChI=1S/C17H21N5O6S/c23-14(21-17-18-8-1-9-19-17)7-4-11-2-5-12(6-3-11)15(24)20-10-13(16(25)26)22-29(27)28/h2-3,5-6,13H,1,4,7-10H2,(H,20,24)(H,25,26)(H2,18,19,21,23)/t13-/m0/s1. The van der Waals surface area contributed by atoms with Gasteiger partial charge in [0, 0.05) is 25.1 Å². The number of benzene rings is 1. The minimum absolute atomic E-state index is 0.167. The number of carbonyl (C=O) groups excluding carboxylic acids is 2. The Morgan fingerprint density at radius 2 is 1.97 bits per heavy atom. The van der Waals surface area contributed by atoms with Crippen LogP contribution in [0, 0.1) is 0 Å². The number of aryl methyl sites for hydroxylation is 1. The molecule has 0 aliphatic carbocycles. The molecule has 0 aromatic heterocycles. The summed E-state index contributed by atoms with van der Waals surface area (Å²) in [5.41, 5.74) is 1.11. The highest BCUT2D eigenvalue weighted by molar-refractivity contribution is 7.61. The summed E-state index contributed by atoms with van der Waals surface area (Å²) in [6.45, 7) is 1.00. The van der Waals surface area contributed by atoms with Crippen LogP contribution in [0.15, 0.2) is 33.6 Å². The molecule has 2 amide bonds. The van der Waals surface area contributed by atoms with Gasteiger partial charge in [-0.1, -0.05) is 12.1 Å². The summed E-state index contributed by atoms with van der Waals surface area (Å²) in [5.74, 6) is -1.70. The molecule has 0 saturated heterocycles. The number of aliphatic imine (C=N–C) groups is 1. The minimum atomic E-state index is -2.89. The van der Waals surface area contributed by atoms with Crippen molar-refractivity contribution in [1.82, 2.24) is 16.0 Å². The van der Waals surface area contributed by atoms with E-state index in [0.717, 1.165) is 18.5 Å². The van der Waals surface area contributed by atoms with Gasteiger partial charge in [-0.15, -0.1) is 0 Å². The molecule has 156 valence electrons. The zero-order valence-corrected chi connectivity index (χ0v) is 16.2. The van der Waals surface area contributed by atoms with Crippen LogP contribution in [0.25, 0.3) is 0 Å². The summed E-state index contributed by atoms with van der Waals surface area (Å²) in [4.78, 5) is 39.1. The molecule has 2 rings (SSSR count). The van der Waals surface area contributed by atoms with E-state index >= 15 is 0 Å². The van der Waals surface area contributed by atoms with Crippen molar-refractivity contribution in [2.75, 3.05) is 19.6 Å². The average Bonchev–Trinajstić information content (AvgIpc) is 2.70. The maximum absolute atomic E-state index is 12.1. The van der Waals surface area contributed by atoms with Crippen molar-refractivity contribution in [3.8, 4) is 0 Å². The molecule has 1 aromatic rings. The Hall–Kier alpha value is -3.28. The van der Waals surface area contributed by atoms with Gasteiger partial charge in [0.1, 0.15) is 0 Å². The van der Waals surface area contributed by atoms with Gasteiger partial charge in [0.2, 0.25) is 5.91 Å². The summed E-state index contributed by atoms with van der Waals surface area (Å²) >= 11 is 0. The topological polar surface area (TPSA) is 166 Å². The molecule has 0 bridgehead atoms. The molecule has 12 heteroatoms. The monoisotopic (exact) mass is 423 g/mol. The van der Waals surface area contributed by atoms with Crippen molar-refractivity contribution < 1.29 is 27.9 Å². The number of rotatable bonds is 8.